The molecule has 136 valence electrons. The van der Waals surface area contributed by atoms with E-state index in [-0.39, 0.29) is 37.1 Å². The Morgan fingerprint density at radius 1 is 1.12 bits per heavy atom. The molecule has 1 heterocycles. The number of nitrogens with two attached hydrogens (primary N) is 2. The Morgan fingerprint density at radius 2 is 1.71 bits per heavy atom. The van der Waals surface area contributed by atoms with Crippen molar-refractivity contribution in [2.75, 3.05) is 31.1 Å². The molecule has 2 rings (SSSR count). The first-order valence-corrected chi connectivity index (χ1v) is 7.54. The van der Waals surface area contributed by atoms with Gasteiger partial charge in [-0.3, -0.25) is 9.59 Å². The third-order valence-electron chi connectivity index (χ3n) is 4.25. The fraction of sp³-hybridized carbons (Fsp3) is 0.500. The van der Waals surface area contributed by atoms with Crippen molar-refractivity contribution < 1.29 is 9.59 Å². The highest BCUT2D eigenvalue weighted by Crippen LogP contribution is 2.23. The zero-order valence-corrected chi connectivity index (χ0v) is 15.7. The number of rotatable bonds is 4. The molecule has 1 aliphatic heterocycles. The van der Waals surface area contributed by atoms with Crippen molar-refractivity contribution >= 4 is 42.3 Å². The van der Waals surface area contributed by atoms with Gasteiger partial charge >= 0.3 is 0 Å². The molecule has 0 bridgehead atoms. The van der Waals surface area contributed by atoms with Crippen molar-refractivity contribution in [1.82, 2.24) is 4.90 Å². The molecule has 0 spiro atoms. The molecular weight excluding hydrogens is 351 g/mol. The Balaban J connectivity index is 0.00000264. The maximum atomic E-state index is 12.2. The van der Waals surface area contributed by atoms with Gasteiger partial charge in [-0.1, -0.05) is 12.1 Å². The number of benzene rings is 1. The third kappa shape index (κ3) is 5.26. The Labute approximate surface area is 155 Å². The quantitative estimate of drug-likeness (QED) is 0.819. The molecule has 2 amide bonds. The summed E-state index contributed by atoms with van der Waals surface area (Å²) >= 11 is 0. The molecule has 1 atom stereocenters. The molecule has 1 saturated heterocycles. The number of hydrogen-bond acceptors (Lipinski definition) is 4. The van der Waals surface area contributed by atoms with Crippen molar-refractivity contribution in [1.29, 1.82) is 0 Å². The van der Waals surface area contributed by atoms with Gasteiger partial charge in [0.05, 0.1) is 12.5 Å². The van der Waals surface area contributed by atoms with E-state index in [4.69, 9.17) is 11.5 Å². The van der Waals surface area contributed by atoms with Crippen LogP contribution in [0.2, 0.25) is 0 Å². The van der Waals surface area contributed by atoms with Crippen molar-refractivity contribution in [3.05, 3.63) is 29.3 Å². The van der Waals surface area contributed by atoms with Crippen LogP contribution in [0.1, 0.15) is 17.5 Å². The lowest BCUT2D eigenvalue weighted by atomic mass is 10.1. The van der Waals surface area contributed by atoms with Crippen LogP contribution in [0.15, 0.2) is 18.2 Å². The second-order valence-electron chi connectivity index (χ2n) is 5.81. The minimum atomic E-state index is -0.829. The molecule has 1 aromatic rings. The van der Waals surface area contributed by atoms with Crippen molar-refractivity contribution in [3.8, 4) is 0 Å². The fourth-order valence-corrected chi connectivity index (χ4v) is 2.78. The molecule has 24 heavy (non-hydrogen) atoms. The van der Waals surface area contributed by atoms with Crippen LogP contribution in [0, 0.1) is 13.8 Å². The van der Waals surface area contributed by atoms with Gasteiger partial charge in [-0.2, -0.15) is 0 Å². The maximum Gasteiger partial charge on any atom is 0.240 e. The van der Waals surface area contributed by atoms with E-state index in [1.165, 1.54) is 16.8 Å². The van der Waals surface area contributed by atoms with Crippen LogP contribution in [-0.4, -0.2) is 48.9 Å². The molecule has 0 saturated carbocycles. The number of halogens is 2. The first kappa shape index (κ1) is 22.5. The monoisotopic (exact) mass is 376 g/mol. The molecule has 6 nitrogen and oxygen atoms in total. The van der Waals surface area contributed by atoms with Gasteiger partial charge in [0.25, 0.3) is 0 Å². The number of anilines is 1. The van der Waals surface area contributed by atoms with Crippen LogP contribution in [0.4, 0.5) is 5.69 Å². The minimum Gasteiger partial charge on any atom is -0.370 e. The zero-order valence-electron chi connectivity index (χ0n) is 14.0. The Morgan fingerprint density at radius 3 is 2.25 bits per heavy atom. The molecule has 1 unspecified atom stereocenters. The van der Waals surface area contributed by atoms with Gasteiger partial charge in [0.15, 0.2) is 0 Å². The highest BCUT2D eigenvalue weighted by atomic mass is 35.5. The summed E-state index contributed by atoms with van der Waals surface area (Å²) in [5, 5.41) is 0. The number of hydrogen-bond donors (Lipinski definition) is 2. The highest BCUT2D eigenvalue weighted by molar-refractivity contribution is 5.87. The average Bonchev–Trinajstić information content (AvgIpc) is 2.49. The zero-order chi connectivity index (χ0) is 16.3. The highest BCUT2D eigenvalue weighted by Gasteiger charge is 2.26. The average molecular weight is 377 g/mol. The first-order chi connectivity index (χ1) is 10.4. The van der Waals surface area contributed by atoms with E-state index in [1.54, 1.807) is 4.90 Å². The van der Waals surface area contributed by atoms with Gasteiger partial charge in [-0.15, -0.1) is 24.8 Å². The number of aryl methyl sites for hydroxylation is 1. The third-order valence-corrected chi connectivity index (χ3v) is 4.25. The summed E-state index contributed by atoms with van der Waals surface area (Å²) in [7, 11) is 0. The first-order valence-electron chi connectivity index (χ1n) is 7.54. The lowest BCUT2D eigenvalue weighted by Gasteiger charge is -2.37. The molecule has 0 aromatic heterocycles. The summed E-state index contributed by atoms with van der Waals surface area (Å²) in [6, 6.07) is 5.43. The van der Waals surface area contributed by atoms with E-state index in [2.05, 4.69) is 36.9 Å². The summed E-state index contributed by atoms with van der Waals surface area (Å²) in [5.41, 5.74) is 14.6. The van der Waals surface area contributed by atoms with Crippen LogP contribution in [0.25, 0.3) is 0 Å². The Hall–Kier alpha value is -1.50. The van der Waals surface area contributed by atoms with Gasteiger partial charge < -0.3 is 21.3 Å². The summed E-state index contributed by atoms with van der Waals surface area (Å²) in [6.07, 6.45) is -0.101. The van der Waals surface area contributed by atoms with E-state index in [1.807, 2.05) is 0 Å². The predicted molar refractivity (Wildman–Crippen MR) is 101 cm³/mol. The molecule has 1 aromatic carbocycles. The SMILES string of the molecule is Cc1cccc(N2CCN(C(=O)C(N)CC(N)=O)CC2)c1C.Cl.Cl. The number of piperazine rings is 1. The maximum absolute atomic E-state index is 12.2. The minimum absolute atomic E-state index is 0. The van der Waals surface area contributed by atoms with Crippen molar-refractivity contribution in [2.24, 2.45) is 11.5 Å². The molecule has 4 N–H and O–H groups in total. The lowest BCUT2D eigenvalue weighted by Crippen LogP contribution is -2.54. The predicted octanol–water partition coefficient (Wildman–Crippen LogP) is 0.998. The van der Waals surface area contributed by atoms with Crippen molar-refractivity contribution in [2.45, 2.75) is 26.3 Å². The Kier molecular flexibility index (Phi) is 9.11. The Bertz CT molecular complexity index is 575. The molecule has 0 radical (unpaired) electrons. The molecular formula is C16H26Cl2N4O2. The van der Waals surface area contributed by atoms with Gasteiger partial charge in [-0.05, 0) is 31.0 Å². The number of primary amides is 1. The van der Waals surface area contributed by atoms with Crippen LogP contribution in [0.3, 0.4) is 0 Å². The van der Waals surface area contributed by atoms with Gasteiger partial charge in [0, 0.05) is 31.9 Å². The standard InChI is InChI=1S/C16H24N4O2.2ClH/c1-11-4-3-5-14(12(11)2)19-6-8-20(9-7-19)16(22)13(17)10-15(18)21;;/h3-5,13H,6-10,17H2,1-2H3,(H2,18,21);2*1H. The largest absolute Gasteiger partial charge is 0.370 e. The summed E-state index contributed by atoms with van der Waals surface area (Å²) in [6.45, 7) is 6.96. The van der Waals surface area contributed by atoms with E-state index in [9.17, 15) is 9.59 Å². The van der Waals surface area contributed by atoms with Crippen LogP contribution in [-0.2, 0) is 9.59 Å². The topological polar surface area (TPSA) is 92.7 Å². The van der Waals surface area contributed by atoms with Crippen LogP contribution >= 0.6 is 24.8 Å². The normalized spacial score (nSPS) is 15.1. The summed E-state index contributed by atoms with van der Waals surface area (Å²) < 4.78 is 0. The number of amides is 2. The number of carbonyl (C=O) groups is 2. The van der Waals surface area contributed by atoms with Crippen LogP contribution < -0.4 is 16.4 Å². The smallest absolute Gasteiger partial charge is 0.240 e. The van der Waals surface area contributed by atoms with Crippen LogP contribution in [0.5, 0.6) is 0 Å². The van der Waals surface area contributed by atoms with E-state index < -0.39 is 11.9 Å². The van der Waals surface area contributed by atoms with E-state index >= 15 is 0 Å². The molecule has 0 aliphatic carbocycles. The number of nitrogens with zero attached hydrogens (tertiary/aromatic N) is 2. The number of carbonyl (C=O) groups excluding carboxylic acids is 2. The molecule has 1 aliphatic rings. The molecule has 1 fully saturated rings. The van der Waals surface area contributed by atoms with Gasteiger partial charge in [-0.25, -0.2) is 0 Å². The second-order valence-corrected chi connectivity index (χ2v) is 5.81. The van der Waals surface area contributed by atoms with Gasteiger partial charge in [0.2, 0.25) is 11.8 Å². The second kappa shape index (κ2) is 9.71. The lowest BCUT2D eigenvalue weighted by molar-refractivity contribution is -0.134. The summed E-state index contributed by atoms with van der Waals surface area (Å²) in [5.74, 6) is -0.741. The van der Waals surface area contributed by atoms with Crippen molar-refractivity contribution in [3.63, 3.8) is 0 Å². The van der Waals surface area contributed by atoms with Gasteiger partial charge in [0.1, 0.15) is 0 Å². The fourth-order valence-electron chi connectivity index (χ4n) is 2.78. The van der Waals surface area contributed by atoms with E-state index in [0.29, 0.717) is 13.1 Å². The van der Waals surface area contributed by atoms with E-state index in [0.717, 1.165) is 13.1 Å². The summed E-state index contributed by atoms with van der Waals surface area (Å²) in [4.78, 5) is 27.0. The molecule has 8 heteroatoms.